The van der Waals surface area contributed by atoms with E-state index in [0.717, 1.165) is 39.0 Å². The highest BCUT2D eigenvalue weighted by molar-refractivity contribution is 5.84. The van der Waals surface area contributed by atoms with Crippen molar-refractivity contribution in [3.8, 4) is 0 Å². The minimum Gasteiger partial charge on any atom is -0.368 e. The normalized spacial score (nSPS) is 23.9. The number of carbonyl (C=O) groups is 1. The van der Waals surface area contributed by atoms with Crippen molar-refractivity contribution in [3.05, 3.63) is 0 Å². The van der Waals surface area contributed by atoms with E-state index in [1.54, 1.807) is 0 Å². The average Bonchev–Trinajstić information content (AvgIpc) is 2.44. The summed E-state index contributed by atoms with van der Waals surface area (Å²) < 4.78 is 0. The maximum absolute atomic E-state index is 11.4. The molecule has 0 aromatic heterocycles. The van der Waals surface area contributed by atoms with E-state index in [-0.39, 0.29) is 5.91 Å². The molecule has 4 nitrogen and oxygen atoms in total. The Hall–Kier alpha value is -0.610. The first-order valence-electron chi connectivity index (χ1n) is 5.37. The highest BCUT2D eigenvalue weighted by atomic mass is 16.1. The average molecular weight is 199 g/mol. The standard InChI is InChI=1S/C10H21N3O/c1-3-10(2,9(11)14)13-7-4-5-12-6-8-13/h12H,3-8H2,1-2H3,(H2,11,14). The van der Waals surface area contributed by atoms with Crippen molar-refractivity contribution in [2.24, 2.45) is 5.73 Å². The zero-order valence-electron chi connectivity index (χ0n) is 9.18. The molecule has 1 rings (SSSR count). The molecule has 1 atom stereocenters. The molecule has 0 aliphatic carbocycles. The van der Waals surface area contributed by atoms with Gasteiger partial charge in [0, 0.05) is 19.6 Å². The summed E-state index contributed by atoms with van der Waals surface area (Å²) in [6.07, 6.45) is 1.87. The number of hydrogen-bond donors (Lipinski definition) is 2. The van der Waals surface area contributed by atoms with Gasteiger partial charge >= 0.3 is 0 Å². The fourth-order valence-electron chi connectivity index (χ4n) is 1.89. The number of rotatable bonds is 3. The Balaban J connectivity index is 2.71. The van der Waals surface area contributed by atoms with Gasteiger partial charge in [0.05, 0.1) is 5.54 Å². The number of amides is 1. The third kappa shape index (κ3) is 2.25. The van der Waals surface area contributed by atoms with Gasteiger partial charge in [0.25, 0.3) is 0 Å². The molecule has 0 radical (unpaired) electrons. The summed E-state index contributed by atoms with van der Waals surface area (Å²) in [6.45, 7) is 7.81. The minimum atomic E-state index is -0.466. The van der Waals surface area contributed by atoms with E-state index in [4.69, 9.17) is 5.73 Å². The van der Waals surface area contributed by atoms with E-state index in [0.29, 0.717) is 0 Å². The Labute approximate surface area is 85.8 Å². The molecule has 0 aromatic rings. The van der Waals surface area contributed by atoms with Crippen LogP contribution < -0.4 is 11.1 Å². The number of carbonyl (C=O) groups excluding carboxylic acids is 1. The summed E-state index contributed by atoms with van der Waals surface area (Å²) in [5.74, 6) is -0.207. The lowest BCUT2D eigenvalue weighted by Gasteiger charge is -2.37. The van der Waals surface area contributed by atoms with Crippen molar-refractivity contribution in [3.63, 3.8) is 0 Å². The monoisotopic (exact) mass is 199 g/mol. The first-order valence-corrected chi connectivity index (χ1v) is 5.37. The van der Waals surface area contributed by atoms with Crippen LogP contribution in [0.3, 0.4) is 0 Å². The Morgan fingerprint density at radius 1 is 1.50 bits per heavy atom. The third-order valence-electron chi connectivity index (χ3n) is 3.26. The Morgan fingerprint density at radius 3 is 2.79 bits per heavy atom. The van der Waals surface area contributed by atoms with Gasteiger partial charge in [-0.15, -0.1) is 0 Å². The molecular formula is C10H21N3O. The minimum absolute atomic E-state index is 0.207. The predicted molar refractivity (Wildman–Crippen MR) is 57.0 cm³/mol. The summed E-state index contributed by atoms with van der Waals surface area (Å²) in [5, 5.41) is 3.32. The molecule has 14 heavy (non-hydrogen) atoms. The molecule has 0 aromatic carbocycles. The van der Waals surface area contributed by atoms with Crippen LogP contribution in [0.5, 0.6) is 0 Å². The lowest BCUT2D eigenvalue weighted by Crippen LogP contribution is -2.56. The zero-order valence-corrected chi connectivity index (χ0v) is 9.18. The summed E-state index contributed by atoms with van der Waals surface area (Å²) in [7, 11) is 0. The van der Waals surface area contributed by atoms with Crippen molar-refractivity contribution in [1.82, 2.24) is 10.2 Å². The van der Waals surface area contributed by atoms with Crippen LogP contribution in [0.1, 0.15) is 26.7 Å². The topological polar surface area (TPSA) is 58.4 Å². The van der Waals surface area contributed by atoms with E-state index >= 15 is 0 Å². The van der Waals surface area contributed by atoms with Crippen molar-refractivity contribution in [2.75, 3.05) is 26.2 Å². The van der Waals surface area contributed by atoms with E-state index in [9.17, 15) is 4.79 Å². The first kappa shape index (κ1) is 11.5. The molecule has 3 N–H and O–H groups in total. The molecule has 1 fully saturated rings. The highest BCUT2D eigenvalue weighted by Crippen LogP contribution is 2.19. The van der Waals surface area contributed by atoms with Crippen molar-refractivity contribution in [1.29, 1.82) is 0 Å². The maximum atomic E-state index is 11.4. The van der Waals surface area contributed by atoms with E-state index in [1.165, 1.54) is 0 Å². The van der Waals surface area contributed by atoms with Crippen LogP contribution >= 0.6 is 0 Å². The molecule has 1 aliphatic rings. The van der Waals surface area contributed by atoms with Gasteiger partial charge in [0.1, 0.15) is 0 Å². The number of nitrogens with zero attached hydrogens (tertiary/aromatic N) is 1. The molecule has 0 bridgehead atoms. The smallest absolute Gasteiger partial charge is 0.237 e. The van der Waals surface area contributed by atoms with Gasteiger partial charge in [-0.1, -0.05) is 6.92 Å². The summed E-state index contributed by atoms with van der Waals surface area (Å²) in [6, 6.07) is 0. The van der Waals surface area contributed by atoms with Crippen LogP contribution in [-0.2, 0) is 4.79 Å². The van der Waals surface area contributed by atoms with Gasteiger partial charge in [-0.3, -0.25) is 9.69 Å². The van der Waals surface area contributed by atoms with Gasteiger partial charge in [0.15, 0.2) is 0 Å². The predicted octanol–water partition coefficient (Wildman–Crippen LogP) is -0.0643. The molecule has 1 aliphatic heterocycles. The molecular weight excluding hydrogens is 178 g/mol. The van der Waals surface area contributed by atoms with Gasteiger partial charge in [-0.05, 0) is 26.3 Å². The molecule has 1 heterocycles. The number of hydrogen-bond acceptors (Lipinski definition) is 3. The lowest BCUT2D eigenvalue weighted by molar-refractivity contribution is -0.129. The fraction of sp³-hybridized carbons (Fsp3) is 0.900. The van der Waals surface area contributed by atoms with Gasteiger partial charge in [0.2, 0.25) is 5.91 Å². The molecule has 1 unspecified atom stereocenters. The highest BCUT2D eigenvalue weighted by Gasteiger charge is 2.35. The Kier molecular flexibility index (Phi) is 3.89. The van der Waals surface area contributed by atoms with Crippen LogP contribution in [0.15, 0.2) is 0 Å². The molecule has 1 saturated heterocycles. The van der Waals surface area contributed by atoms with Gasteiger partial charge in [-0.2, -0.15) is 0 Å². The SMILES string of the molecule is CCC(C)(C(N)=O)N1CCCNCC1. The molecule has 0 saturated carbocycles. The summed E-state index contributed by atoms with van der Waals surface area (Å²) in [4.78, 5) is 13.6. The zero-order chi connectivity index (χ0) is 10.6. The molecule has 1 amide bonds. The largest absolute Gasteiger partial charge is 0.368 e. The van der Waals surface area contributed by atoms with Crippen molar-refractivity contribution >= 4 is 5.91 Å². The second-order valence-electron chi connectivity index (χ2n) is 4.08. The number of nitrogens with one attached hydrogen (secondary N) is 1. The van der Waals surface area contributed by atoms with Crippen LogP contribution in [0.2, 0.25) is 0 Å². The Morgan fingerprint density at radius 2 is 2.21 bits per heavy atom. The number of nitrogens with two attached hydrogens (primary N) is 1. The molecule has 82 valence electrons. The summed E-state index contributed by atoms with van der Waals surface area (Å²) >= 11 is 0. The van der Waals surface area contributed by atoms with Crippen LogP contribution in [0, 0.1) is 0 Å². The first-order chi connectivity index (χ1) is 6.61. The van der Waals surface area contributed by atoms with Gasteiger partial charge in [-0.25, -0.2) is 0 Å². The Bertz CT molecular complexity index is 200. The van der Waals surface area contributed by atoms with Crippen LogP contribution in [0.25, 0.3) is 0 Å². The summed E-state index contributed by atoms with van der Waals surface area (Å²) in [5.41, 5.74) is 5.00. The van der Waals surface area contributed by atoms with Crippen LogP contribution in [-0.4, -0.2) is 42.5 Å². The van der Waals surface area contributed by atoms with E-state index in [1.807, 2.05) is 13.8 Å². The second-order valence-corrected chi connectivity index (χ2v) is 4.08. The number of primary amides is 1. The quantitative estimate of drug-likeness (QED) is 0.669. The lowest BCUT2D eigenvalue weighted by atomic mass is 9.95. The molecule has 0 spiro atoms. The second kappa shape index (κ2) is 4.75. The van der Waals surface area contributed by atoms with Crippen LogP contribution in [0.4, 0.5) is 0 Å². The van der Waals surface area contributed by atoms with E-state index < -0.39 is 5.54 Å². The van der Waals surface area contributed by atoms with E-state index in [2.05, 4.69) is 10.2 Å². The van der Waals surface area contributed by atoms with Crippen molar-refractivity contribution in [2.45, 2.75) is 32.2 Å². The van der Waals surface area contributed by atoms with Crippen molar-refractivity contribution < 1.29 is 4.79 Å². The maximum Gasteiger partial charge on any atom is 0.237 e. The third-order valence-corrected chi connectivity index (χ3v) is 3.26. The van der Waals surface area contributed by atoms with Gasteiger partial charge < -0.3 is 11.1 Å². The molecule has 4 heteroatoms. The fourth-order valence-corrected chi connectivity index (χ4v) is 1.89.